The van der Waals surface area contributed by atoms with Crippen LogP contribution >= 0.6 is 0 Å². The minimum Gasteiger partial charge on any atom is -0.0625 e. The quantitative estimate of drug-likeness (QED) is 0.396. The zero-order valence-corrected chi connectivity index (χ0v) is 9.78. The molecule has 3 heteroatoms. The number of hydrogen-bond acceptors (Lipinski definition) is 1. The van der Waals surface area contributed by atoms with E-state index in [1.807, 2.05) is 13.8 Å². The number of benzene rings is 1. The maximum absolute atomic E-state index is 8.44. The predicted molar refractivity (Wildman–Crippen MR) is 63.3 cm³/mol. The molecule has 0 atom stereocenters. The number of rotatable bonds is 3. The van der Waals surface area contributed by atoms with Gasteiger partial charge in [-0.1, -0.05) is 31.1 Å². The lowest BCUT2D eigenvalue weighted by Crippen LogP contribution is -1.95. The largest absolute Gasteiger partial charge is 0.0625 e. The van der Waals surface area contributed by atoms with E-state index in [0.29, 0.717) is 5.92 Å². The third-order valence-electron chi connectivity index (χ3n) is 2.34. The first kappa shape index (κ1) is 11.6. The van der Waals surface area contributed by atoms with Crippen LogP contribution in [0.25, 0.3) is 10.4 Å². The Hall–Kier alpha value is -1.47. The van der Waals surface area contributed by atoms with E-state index in [-0.39, 0.29) is 0 Å². The molecule has 0 aliphatic carbocycles. The summed E-state index contributed by atoms with van der Waals surface area (Å²) in [6.45, 7) is 8.37. The summed E-state index contributed by atoms with van der Waals surface area (Å²) in [7, 11) is 0. The van der Waals surface area contributed by atoms with Crippen LogP contribution in [0, 0.1) is 19.8 Å². The van der Waals surface area contributed by atoms with Crippen molar-refractivity contribution < 1.29 is 0 Å². The molecule has 3 nitrogen and oxygen atoms in total. The molecule has 0 aliphatic rings. The van der Waals surface area contributed by atoms with Gasteiger partial charge in [0.15, 0.2) is 0 Å². The van der Waals surface area contributed by atoms with Gasteiger partial charge in [0, 0.05) is 10.6 Å². The van der Waals surface area contributed by atoms with Crippen molar-refractivity contribution in [3.63, 3.8) is 0 Å². The molecule has 0 aromatic heterocycles. The Labute approximate surface area is 90.8 Å². The molecule has 0 saturated carbocycles. The van der Waals surface area contributed by atoms with Crippen molar-refractivity contribution in [2.24, 2.45) is 11.0 Å². The molecule has 0 spiro atoms. The Balaban J connectivity index is 3.13. The topological polar surface area (TPSA) is 48.8 Å². The molecule has 0 radical (unpaired) electrons. The van der Waals surface area contributed by atoms with E-state index in [9.17, 15) is 0 Å². The molecule has 0 fully saturated rings. The molecule has 1 rings (SSSR count). The molecule has 15 heavy (non-hydrogen) atoms. The van der Waals surface area contributed by atoms with Crippen LogP contribution in [0.3, 0.4) is 0 Å². The summed E-state index contributed by atoms with van der Waals surface area (Å²) in [5.41, 5.74) is 12.6. The number of aryl methyl sites for hydroxylation is 2. The van der Waals surface area contributed by atoms with Gasteiger partial charge in [-0.25, -0.2) is 0 Å². The normalized spacial score (nSPS) is 10.2. The monoisotopic (exact) mass is 203 g/mol. The summed E-state index contributed by atoms with van der Waals surface area (Å²) < 4.78 is 0. The molecule has 1 aromatic rings. The highest BCUT2D eigenvalue weighted by molar-refractivity contribution is 5.53. The van der Waals surface area contributed by atoms with Gasteiger partial charge in [0.1, 0.15) is 0 Å². The van der Waals surface area contributed by atoms with Crippen molar-refractivity contribution >= 4 is 5.69 Å². The minimum atomic E-state index is 0.647. The number of hydrogen-bond donors (Lipinski definition) is 0. The second kappa shape index (κ2) is 4.85. The van der Waals surface area contributed by atoms with E-state index in [0.717, 1.165) is 23.2 Å². The Bertz CT molecular complexity index is 378. The zero-order valence-electron chi connectivity index (χ0n) is 9.78. The van der Waals surface area contributed by atoms with Crippen molar-refractivity contribution in [2.45, 2.75) is 34.1 Å². The summed E-state index contributed by atoms with van der Waals surface area (Å²) in [5.74, 6) is 0.647. The first-order chi connectivity index (χ1) is 7.04. The summed E-state index contributed by atoms with van der Waals surface area (Å²) in [6.07, 6.45) is 1.07. The lowest BCUT2D eigenvalue weighted by Gasteiger charge is -2.10. The number of nitrogens with zero attached hydrogens (tertiary/aromatic N) is 3. The molecule has 0 N–H and O–H groups in total. The van der Waals surface area contributed by atoms with Gasteiger partial charge in [0.2, 0.25) is 0 Å². The molecule has 0 unspecified atom stereocenters. The molecule has 0 bridgehead atoms. The first-order valence-corrected chi connectivity index (χ1v) is 5.19. The zero-order chi connectivity index (χ0) is 11.4. The van der Waals surface area contributed by atoms with E-state index in [1.165, 1.54) is 5.56 Å². The van der Waals surface area contributed by atoms with Crippen LogP contribution in [-0.2, 0) is 6.42 Å². The lowest BCUT2D eigenvalue weighted by molar-refractivity contribution is 0.647. The third-order valence-corrected chi connectivity index (χ3v) is 2.34. The standard InChI is InChI=1S/C12H17N3/c1-8(2)5-11-6-9(3)12(14-15-13)10(4)7-11/h6-8H,5H2,1-4H3. The van der Waals surface area contributed by atoms with Crippen molar-refractivity contribution in [1.29, 1.82) is 0 Å². The van der Waals surface area contributed by atoms with Crippen LogP contribution in [0.2, 0.25) is 0 Å². The Kier molecular flexibility index (Phi) is 3.75. The van der Waals surface area contributed by atoms with Gasteiger partial charge in [-0.05, 0) is 48.4 Å². The average Bonchev–Trinajstić information content (AvgIpc) is 2.10. The van der Waals surface area contributed by atoms with Gasteiger partial charge in [-0.15, -0.1) is 0 Å². The Morgan fingerprint density at radius 2 is 1.80 bits per heavy atom. The fraction of sp³-hybridized carbons (Fsp3) is 0.500. The SMILES string of the molecule is Cc1cc(CC(C)C)cc(C)c1N=[N+]=[N-]. The van der Waals surface area contributed by atoms with Crippen LogP contribution < -0.4 is 0 Å². The maximum atomic E-state index is 8.44. The molecule has 0 saturated heterocycles. The predicted octanol–water partition coefficient (Wildman–Crippen LogP) is 4.44. The summed E-state index contributed by atoms with van der Waals surface area (Å²) >= 11 is 0. The highest BCUT2D eigenvalue weighted by atomic mass is 15.1. The van der Waals surface area contributed by atoms with Crippen molar-refractivity contribution in [3.05, 3.63) is 39.3 Å². The second-order valence-corrected chi connectivity index (χ2v) is 4.37. The first-order valence-electron chi connectivity index (χ1n) is 5.19. The van der Waals surface area contributed by atoms with E-state index in [1.54, 1.807) is 0 Å². The van der Waals surface area contributed by atoms with Crippen LogP contribution in [-0.4, -0.2) is 0 Å². The smallest absolute Gasteiger partial charge is 0.0433 e. The van der Waals surface area contributed by atoms with Gasteiger partial charge >= 0.3 is 0 Å². The molecule has 0 amide bonds. The fourth-order valence-electron chi connectivity index (χ4n) is 1.84. The van der Waals surface area contributed by atoms with Crippen LogP contribution in [0.4, 0.5) is 5.69 Å². The summed E-state index contributed by atoms with van der Waals surface area (Å²) in [4.78, 5) is 2.84. The maximum Gasteiger partial charge on any atom is 0.0433 e. The summed E-state index contributed by atoms with van der Waals surface area (Å²) in [5, 5.41) is 3.71. The molecule has 0 aliphatic heterocycles. The molecule has 0 heterocycles. The Morgan fingerprint density at radius 1 is 1.27 bits per heavy atom. The van der Waals surface area contributed by atoms with Gasteiger partial charge in [-0.2, -0.15) is 0 Å². The summed E-state index contributed by atoms with van der Waals surface area (Å²) in [6, 6.07) is 4.22. The van der Waals surface area contributed by atoms with Crippen molar-refractivity contribution in [2.75, 3.05) is 0 Å². The lowest BCUT2D eigenvalue weighted by atomic mass is 9.98. The molecular weight excluding hydrogens is 186 g/mol. The van der Waals surface area contributed by atoms with Gasteiger partial charge in [-0.3, -0.25) is 0 Å². The average molecular weight is 203 g/mol. The fourth-order valence-corrected chi connectivity index (χ4v) is 1.84. The van der Waals surface area contributed by atoms with Gasteiger partial charge in [0.05, 0.1) is 0 Å². The van der Waals surface area contributed by atoms with Crippen LogP contribution in [0.15, 0.2) is 17.2 Å². The second-order valence-electron chi connectivity index (χ2n) is 4.37. The van der Waals surface area contributed by atoms with E-state index in [2.05, 4.69) is 36.0 Å². The highest BCUT2D eigenvalue weighted by Gasteiger charge is 2.04. The van der Waals surface area contributed by atoms with E-state index < -0.39 is 0 Å². The molecular formula is C12H17N3. The van der Waals surface area contributed by atoms with Crippen LogP contribution in [0.5, 0.6) is 0 Å². The Morgan fingerprint density at radius 3 is 2.20 bits per heavy atom. The van der Waals surface area contributed by atoms with E-state index >= 15 is 0 Å². The minimum absolute atomic E-state index is 0.647. The number of azide groups is 1. The van der Waals surface area contributed by atoms with E-state index in [4.69, 9.17) is 5.53 Å². The molecule has 1 aromatic carbocycles. The van der Waals surface area contributed by atoms with Gasteiger partial charge in [0.25, 0.3) is 0 Å². The van der Waals surface area contributed by atoms with Crippen LogP contribution in [0.1, 0.15) is 30.5 Å². The third kappa shape index (κ3) is 3.00. The highest BCUT2D eigenvalue weighted by Crippen LogP contribution is 2.26. The van der Waals surface area contributed by atoms with Crippen molar-refractivity contribution in [3.8, 4) is 0 Å². The van der Waals surface area contributed by atoms with Crippen molar-refractivity contribution in [1.82, 2.24) is 0 Å². The van der Waals surface area contributed by atoms with Gasteiger partial charge < -0.3 is 0 Å². The molecule has 80 valence electrons.